The van der Waals surface area contributed by atoms with Gasteiger partial charge in [0.25, 0.3) is 5.92 Å². The molecule has 5 aromatic rings. The van der Waals surface area contributed by atoms with Crippen molar-refractivity contribution in [1.29, 1.82) is 0 Å². The number of aryl methyl sites for hydroxylation is 1. The Morgan fingerprint density at radius 3 is 2.31 bits per heavy atom. The molecule has 2 aromatic heterocycles. The number of anilines is 1. The maximum atomic E-state index is 13.7. The number of benzene rings is 3. The summed E-state index contributed by atoms with van der Waals surface area (Å²) >= 11 is 6.38. The van der Waals surface area contributed by atoms with Crippen LogP contribution in [0, 0.1) is 0 Å². The number of imidazole rings is 2. The van der Waals surface area contributed by atoms with E-state index in [-0.39, 0.29) is 42.5 Å². The van der Waals surface area contributed by atoms with E-state index in [1.54, 1.807) is 11.1 Å². The van der Waals surface area contributed by atoms with Gasteiger partial charge < -0.3 is 25.7 Å². The minimum atomic E-state index is -2.77. The van der Waals surface area contributed by atoms with Crippen LogP contribution >= 0.6 is 24.0 Å². The zero-order valence-corrected chi connectivity index (χ0v) is 27.4. The predicted octanol–water partition coefficient (Wildman–Crippen LogP) is 7.09. The number of aromatic amines is 2. The second kappa shape index (κ2) is 12.6. The average molecular weight is 707 g/mol. The van der Waals surface area contributed by atoms with Crippen molar-refractivity contribution in [2.24, 2.45) is 0 Å². The highest BCUT2D eigenvalue weighted by Gasteiger charge is 2.43. The fourth-order valence-corrected chi connectivity index (χ4v) is 7.34. The van der Waals surface area contributed by atoms with E-state index in [4.69, 9.17) is 11.6 Å². The number of carbonyl (C=O) groups is 2. The SMILES string of the molecule is Cl.O=C(O)N[C@H]1CCc2cccc3c2N(C1=O)[C@H](c1ncc(-c2ccc(-c4ccc(-c5[nH]c([C@@H]6CC(F)(F)CN6)nc5Cl)cc4)cc2)[nH]1)C3. The molecule has 0 radical (unpaired) electrons. The number of aromatic nitrogens is 4. The van der Waals surface area contributed by atoms with Gasteiger partial charge in [-0.05, 0) is 40.7 Å². The van der Waals surface area contributed by atoms with Crippen molar-refractivity contribution < 1.29 is 23.5 Å². The molecule has 0 aliphatic carbocycles. The molecule has 10 nitrogen and oxygen atoms in total. The van der Waals surface area contributed by atoms with Gasteiger partial charge in [0, 0.05) is 18.4 Å². The topological polar surface area (TPSA) is 139 Å². The standard InChI is InChI=1S/C35H30ClF2N7O3.ClH/c36-30-28(43-31(44-30)25-15-35(37,38)17-40-25)21-10-6-19(7-11-21)18-4-8-20(9-5-18)26-16-39-32(41-26)27-14-23-3-1-2-22-12-13-24(42-34(47)48)33(46)45(27)29(22)23;/h1-11,16,24-25,27,40,42H,12-15,17H2,(H,39,41)(H,43,44)(H,47,48);1H/t24-,25-,27-;/m0./s1. The Hall–Kier alpha value is -4.78. The summed E-state index contributed by atoms with van der Waals surface area (Å²) in [7, 11) is 0. The third-order valence-corrected chi connectivity index (χ3v) is 9.71. The smallest absolute Gasteiger partial charge is 0.405 e. The molecule has 14 heteroatoms. The Bertz CT molecular complexity index is 2050. The predicted molar refractivity (Wildman–Crippen MR) is 183 cm³/mol. The maximum absolute atomic E-state index is 13.7. The summed E-state index contributed by atoms with van der Waals surface area (Å²) in [4.78, 5) is 42.3. The largest absolute Gasteiger partial charge is 0.465 e. The van der Waals surface area contributed by atoms with Crippen LogP contribution < -0.4 is 15.5 Å². The van der Waals surface area contributed by atoms with Gasteiger partial charge in [0.1, 0.15) is 17.7 Å². The number of rotatable bonds is 6. The van der Waals surface area contributed by atoms with Gasteiger partial charge in [0.15, 0.2) is 5.15 Å². The molecule has 0 spiro atoms. The molecule has 252 valence electrons. The number of alkyl halides is 2. The number of para-hydroxylation sites is 1. The van der Waals surface area contributed by atoms with Crippen LogP contribution in [0.3, 0.4) is 0 Å². The van der Waals surface area contributed by atoms with Gasteiger partial charge in [-0.2, -0.15) is 0 Å². The molecule has 1 saturated heterocycles. The van der Waals surface area contributed by atoms with E-state index in [0.717, 1.165) is 44.8 Å². The summed E-state index contributed by atoms with van der Waals surface area (Å²) in [6.07, 6.45) is 1.77. The van der Waals surface area contributed by atoms with E-state index in [2.05, 4.69) is 30.6 Å². The first-order chi connectivity index (χ1) is 23.1. The Morgan fingerprint density at radius 1 is 0.959 bits per heavy atom. The molecule has 49 heavy (non-hydrogen) atoms. The third-order valence-electron chi connectivity index (χ3n) is 9.44. The van der Waals surface area contributed by atoms with Crippen molar-refractivity contribution in [3.63, 3.8) is 0 Å². The van der Waals surface area contributed by atoms with Crippen molar-refractivity contribution in [3.8, 4) is 33.6 Å². The third kappa shape index (κ3) is 6.04. The van der Waals surface area contributed by atoms with Crippen LogP contribution in [-0.2, 0) is 17.6 Å². The number of carbonyl (C=O) groups excluding carboxylic acids is 1. The zero-order chi connectivity index (χ0) is 33.2. The maximum Gasteiger partial charge on any atom is 0.405 e. The van der Waals surface area contributed by atoms with E-state index >= 15 is 0 Å². The number of carboxylic acid groups (broad SMARTS) is 1. The van der Waals surface area contributed by atoms with Gasteiger partial charge in [-0.1, -0.05) is 78.3 Å². The van der Waals surface area contributed by atoms with Crippen LogP contribution in [0.25, 0.3) is 33.6 Å². The van der Waals surface area contributed by atoms with Crippen molar-refractivity contribution in [2.75, 3.05) is 11.4 Å². The number of nitrogens with one attached hydrogen (secondary N) is 4. The lowest BCUT2D eigenvalue weighted by atomic mass is 10.0. The number of amides is 2. The van der Waals surface area contributed by atoms with Gasteiger partial charge in [-0.3, -0.25) is 9.69 Å². The average Bonchev–Trinajstić information content (AvgIpc) is 3.86. The molecule has 0 unspecified atom stereocenters. The first kappa shape index (κ1) is 32.8. The number of nitrogens with zero attached hydrogens (tertiary/aromatic N) is 3. The molecule has 3 aliphatic rings. The van der Waals surface area contributed by atoms with Crippen molar-refractivity contribution in [3.05, 3.63) is 101 Å². The molecule has 2 amide bonds. The minimum Gasteiger partial charge on any atom is -0.465 e. The fourth-order valence-electron chi connectivity index (χ4n) is 7.09. The van der Waals surface area contributed by atoms with Crippen LogP contribution in [0.5, 0.6) is 0 Å². The summed E-state index contributed by atoms with van der Waals surface area (Å²) in [6.45, 7) is -0.384. The van der Waals surface area contributed by atoms with Gasteiger partial charge >= 0.3 is 6.09 Å². The van der Waals surface area contributed by atoms with Crippen LogP contribution in [0.2, 0.25) is 5.15 Å². The van der Waals surface area contributed by atoms with Gasteiger partial charge in [-0.15, -0.1) is 12.4 Å². The first-order valence-corrected chi connectivity index (χ1v) is 16.1. The molecule has 3 atom stereocenters. The number of hydrogen-bond donors (Lipinski definition) is 5. The molecule has 3 aromatic carbocycles. The van der Waals surface area contributed by atoms with Gasteiger partial charge in [0.05, 0.1) is 41.9 Å². The molecule has 0 bridgehead atoms. The van der Waals surface area contributed by atoms with Gasteiger partial charge in [0.2, 0.25) is 5.91 Å². The highest BCUT2D eigenvalue weighted by Crippen LogP contribution is 2.44. The monoisotopic (exact) mass is 705 g/mol. The van der Waals surface area contributed by atoms with E-state index < -0.39 is 24.1 Å². The Balaban J connectivity index is 0.00000378. The Morgan fingerprint density at radius 2 is 1.63 bits per heavy atom. The lowest BCUT2D eigenvalue weighted by Crippen LogP contribution is -2.48. The van der Waals surface area contributed by atoms with E-state index in [1.807, 2.05) is 66.7 Å². The number of H-pyrrole nitrogens is 2. The van der Waals surface area contributed by atoms with Crippen LogP contribution in [0.15, 0.2) is 72.9 Å². The summed E-state index contributed by atoms with van der Waals surface area (Å²) in [5.74, 6) is -2.01. The lowest BCUT2D eigenvalue weighted by Gasteiger charge is -2.27. The van der Waals surface area contributed by atoms with Crippen molar-refractivity contribution >= 4 is 41.7 Å². The second-order valence-electron chi connectivity index (χ2n) is 12.5. The fraction of sp³-hybridized carbons (Fsp3) is 0.257. The van der Waals surface area contributed by atoms with Crippen LogP contribution in [0.4, 0.5) is 19.3 Å². The molecule has 0 saturated carbocycles. The van der Waals surface area contributed by atoms with Crippen molar-refractivity contribution in [2.45, 2.75) is 49.7 Å². The number of hydrogen-bond acceptors (Lipinski definition) is 5. The highest BCUT2D eigenvalue weighted by molar-refractivity contribution is 6.31. The molecule has 3 aliphatic heterocycles. The summed E-state index contributed by atoms with van der Waals surface area (Å²) < 4.78 is 27.4. The van der Waals surface area contributed by atoms with Crippen molar-refractivity contribution in [1.82, 2.24) is 30.6 Å². The molecular formula is C35H31Cl2F2N7O3. The Kier molecular flexibility index (Phi) is 8.42. The highest BCUT2D eigenvalue weighted by atomic mass is 35.5. The molecular weight excluding hydrogens is 675 g/mol. The molecule has 1 fully saturated rings. The summed E-state index contributed by atoms with van der Waals surface area (Å²) in [5.41, 5.74) is 7.99. The van der Waals surface area contributed by atoms with Crippen LogP contribution in [-0.4, -0.2) is 55.6 Å². The summed E-state index contributed by atoms with van der Waals surface area (Å²) in [5, 5.41) is 14.8. The zero-order valence-electron chi connectivity index (χ0n) is 25.8. The molecule has 8 rings (SSSR count). The molecule has 5 N–H and O–H groups in total. The lowest BCUT2D eigenvalue weighted by molar-refractivity contribution is -0.120. The van der Waals surface area contributed by atoms with Crippen LogP contribution in [0.1, 0.15) is 47.7 Å². The second-order valence-corrected chi connectivity index (χ2v) is 12.9. The quantitative estimate of drug-likeness (QED) is 0.128. The Labute approximate surface area is 290 Å². The normalized spacial score (nSPS) is 20.8. The number of halogens is 4. The van der Waals surface area contributed by atoms with Gasteiger partial charge in [-0.25, -0.2) is 23.5 Å². The van der Waals surface area contributed by atoms with E-state index in [9.17, 15) is 23.5 Å². The van der Waals surface area contributed by atoms with E-state index in [1.165, 1.54) is 0 Å². The van der Waals surface area contributed by atoms with E-state index in [0.29, 0.717) is 36.6 Å². The summed E-state index contributed by atoms with van der Waals surface area (Å²) in [6, 6.07) is 20.0. The molecule has 5 heterocycles. The first-order valence-electron chi connectivity index (χ1n) is 15.7. The minimum absolute atomic E-state index is 0.